The maximum Gasteiger partial charge on any atom is 0.0624 e. The number of aryl methyl sites for hydroxylation is 2. The Kier molecular flexibility index (Phi) is 5.21. The zero-order valence-corrected chi connectivity index (χ0v) is 13.1. The second kappa shape index (κ2) is 6.91. The number of likely N-dealkylation sites (N-methyl/N-ethyl adjacent to an activating group) is 1. The van der Waals surface area contributed by atoms with Crippen molar-refractivity contribution in [1.82, 2.24) is 15.1 Å². The van der Waals surface area contributed by atoms with E-state index in [0.29, 0.717) is 0 Å². The fourth-order valence-corrected chi connectivity index (χ4v) is 2.52. The fourth-order valence-electron chi connectivity index (χ4n) is 2.39. The van der Waals surface area contributed by atoms with E-state index < -0.39 is 0 Å². The Morgan fingerprint density at radius 1 is 1.25 bits per heavy atom. The van der Waals surface area contributed by atoms with Crippen molar-refractivity contribution < 1.29 is 0 Å². The zero-order valence-electron chi connectivity index (χ0n) is 12.4. The summed E-state index contributed by atoms with van der Waals surface area (Å²) in [4.78, 5) is 0. The van der Waals surface area contributed by atoms with Crippen molar-refractivity contribution >= 4 is 11.6 Å². The second-order valence-electron chi connectivity index (χ2n) is 4.97. The van der Waals surface area contributed by atoms with Crippen LogP contribution in [0.2, 0.25) is 5.02 Å². The molecule has 0 aliphatic heterocycles. The van der Waals surface area contributed by atoms with Crippen molar-refractivity contribution in [3.05, 3.63) is 52.3 Å². The van der Waals surface area contributed by atoms with Crippen LogP contribution >= 0.6 is 11.6 Å². The minimum Gasteiger partial charge on any atom is -0.310 e. The van der Waals surface area contributed by atoms with Crippen molar-refractivity contribution in [2.45, 2.75) is 32.7 Å². The molecule has 0 saturated carbocycles. The maximum atomic E-state index is 5.97. The Balaban J connectivity index is 2.20. The summed E-state index contributed by atoms with van der Waals surface area (Å²) in [6.45, 7) is 5.20. The first-order valence-corrected chi connectivity index (χ1v) is 7.52. The Labute approximate surface area is 126 Å². The van der Waals surface area contributed by atoms with E-state index in [2.05, 4.69) is 42.5 Å². The van der Waals surface area contributed by atoms with Gasteiger partial charge < -0.3 is 5.32 Å². The predicted molar refractivity (Wildman–Crippen MR) is 84.2 cm³/mol. The van der Waals surface area contributed by atoms with E-state index in [9.17, 15) is 0 Å². The number of halogens is 1. The third kappa shape index (κ3) is 3.62. The monoisotopic (exact) mass is 291 g/mol. The number of rotatable bonds is 6. The summed E-state index contributed by atoms with van der Waals surface area (Å²) in [6, 6.07) is 10.6. The summed E-state index contributed by atoms with van der Waals surface area (Å²) in [5, 5.41) is 8.83. The van der Waals surface area contributed by atoms with Gasteiger partial charge in [0.1, 0.15) is 0 Å². The molecule has 0 saturated heterocycles. The van der Waals surface area contributed by atoms with Gasteiger partial charge in [-0.25, -0.2) is 0 Å². The van der Waals surface area contributed by atoms with Crippen LogP contribution in [0.15, 0.2) is 30.3 Å². The highest BCUT2D eigenvalue weighted by atomic mass is 35.5. The van der Waals surface area contributed by atoms with Crippen LogP contribution in [0.5, 0.6) is 0 Å². The average Bonchev–Trinajstić information content (AvgIpc) is 2.80. The lowest BCUT2D eigenvalue weighted by atomic mass is 10.0. The standard InChI is InChI=1S/C16H22ClN3/c1-4-14-10-15(20(3)19-14)11-16(18-5-2)12-6-8-13(17)9-7-12/h6-10,16,18H,4-5,11H2,1-3H3. The quantitative estimate of drug-likeness (QED) is 0.882. The lowest BCUT2D eigenvalue weighted by molar-refractivity contribution is 0.528. The molecule has 1 unspecified atom stereocenters. The number of nitrogens with zero attached hydrogens (tertiary/aromatic N) is 2. The highest BCUT2D eigenvalue weighted by Gasteiger charge is 2.14. The van der Waals surface area contributed by atoms with E-state index in [1.165, 1.54) is 11.3 Å². The molecule has 108 valence electrons. The molecule has 1 atom stereocenters. The number of hydrogen-bond donors (Lipinski definition) is 1. The molecule has 1 heterocycles. The second-order valence-corrected chi connectivity index (χ2v) is 5.41. The number of aromatic nitrogens is 2. The minimum atomic E-state index is 0.289. The van der Waals surface area contributed by atoms with Gasteiger partial charge in [-0.15, -0.1) is 0 Å². The van der Waals surface area contributed by atoms with Crippen LogP contribution in [0.25, 0.3) is 0 Å². The van der Waals surface area contributed by atoms with Gasteiger partial charge in [-0.05, 0) is 36.7 Å². The van der Waals surface area contributed by atoms with Crippen molar-refractivity contribution in [1.29, 1.82) is 0 Å². The summed E-state index contributed by atoms with van der Waals surface area (Å²) < 4.78 is 1.99. The highest BCUT2D eigenvalue weighted by Crippen LogP contribution is 2.21. The molecule has 2 aromatic rings. The molecule has 0 radical (unpaired) electrons. The molecule has 0 fully saturated rings. The molecule has 3 nitrogen and oxygen atoms in total. The molecule has 1 aromatic heterocycles. The first-order valence-electron chi connectivity index (χ1n) is 7.14. The van der Waals surface area contributed by atoms with Crippen LogP contribution in [-0.2, 0) is 19.9 Å². The summed E-state index contributed by atoms with van der Waals surface area (Å²) in [6.07, 6.45) is 1.90. The number of hydrogen-bond acceptors (Lipinski definition) is 2. The summed E-state index contributed by atoms with van der Waals surface area (Å²) in [7, 11) is 2.01. The lowest BCUT2D eigenvalue weighted by Gasteiger charge is -2.18. The van der Waals surface area contributed by atoms with Crippen LogP contribution in [0.3, 0.4) is 0 Å². The van der Waals surface area contributed by atoms with Crippen LogP contribution in [0, 0.1) is 0 Å². The van der Waals surface area contributed by atoms with E-state index in [0.717, 1.165) is 30.1 Å². The van der Waals surface area contributed by atoms with Gasteiger partial charge in [0.05, 0.1) is 5.69 Å². The Hall–Kier alpha value is -1.32. The first kappa shape index (κ1) is 15.1. The van der Waals surface area contributed by atoms with Crippen LogP contribution in [-0.4, -0.2) is 16.3 Å². The molecule has 0 aliphatic rings. The van der Waals surface area contributed by atoms with Crippen LogP contribution in [0.4, 0.5) is 0 Å². The normalized spacial score (nSPS) is 12.6. The molecular weight excluding hydrogens is 270 g/mol. The lowest BCUT2D eigenvalue weighted by Crippen LogP contribution is -2.23. The van der Waals surface area contributed by atoms with E-state index in [1.807, 2.05) is 23.9 Å². The Morgan fingerprint density at radius 3 is 2.50 bits per heavy atom. The largest absolute Gasteiger partial charge is 0.310 e. The number of nitrogens with one attached hydrogen (secondary N) is 1. The highest BCUT2D eigenvalue weighted by molar-refractivity contribution is 6.30. The van der Waals surface area contributed by atoms with Gasteiger partial charge >= 0.3 is 0 Å². The van der Waals surface area contributed by atoms with Crippen molar-refractivity contribution in [3.8, 4) is 0 Å². The molecule has 1 N–H and O–H groups in total. The van der Waals surface area contributed by atoms with Gasteiger partial charge in [0.15, 0.2) is 0 Å². The van der Waals surface area contributed by atoms with Gasteiger partial charge in [0.25, 0.3) is 0 Å². The molecule has 2 rings (SSSR count). The van der Waals surface area contributed by atoms with Gasteiger partial charge in [-0.3, -0.25) is 4.68 Å². The minimum absolute atomic E-state index is 0.289. The molecular formula is C16H22ClN3. The third-order valence-electron chi connectivity index (χ3n) is 3.53. The van der Waals surface area contributed by atoms with Gasteiger partial charge in [-0.1, -0.05) is 37.6 Å². The SMILES string of the molecule is CCNC(Cc1cc(CC)nn1C)c1ccc(Cl)cc1. The van der Waals surface area contributed by atoms with E-state index in [1.54, 1.807) is 0 Å². The van der Waals surface area contributed by atoms with Gasteiger partial charge in [0, 0.05) is 30.2 Å². The zero-order chi connectivity index (χ0) is 14.5. The Morgan fingerprint density at radius 2 is 1.95 bits per heavy atom. The number of benzene rings is 1. The predicted octanol–water partition coefficient (Wildman–Crippen LogP) is 3.53. The van der Waals surface area contributed by atoms with Crippen LogP contribution < -0.4 is 5.32 Å². The van der Waals surface area contributed by atoms with Crippen LogP contribution in [0.1, 0.15) is 36.8 Å². The molecule has 0 spiro atoms. The molecule has 20 heavy (non-hydrogen) atoms. The summed E-state index contributed by atoms with van der Waals surface area (Å²) >= 11 is 5.97. The van der Waals surface area contributed by atoms with Crippen molar-refractivity contribution in [2.24, 2.45) is 7.05 Å². The molecule has 0 bridgehead atoms. The van der Waals surface area contributed by atoms with Crippen molar-refractivity contribution in [3.63, 3.8) is 0 Å². The summed E-state index contributed by atoms with van der Waals surface area (Å²) in [5.41, 5.74) is 3.66. The Bertz CT molecular complexity index is 545. The van der Waals surface area contributed by atoms with Gasteiger partial charge in [0.2, 0.25) is 0 Å². The fraction of sp³-hybridized carbons (Fsp3) is 0.438. The first-order chi connectivity index (χ1) is 9.63. The average molecular weight is 292 g/mol. The maximum absolute atomic E-state index is 5.97. The smallest absolute Gasteiger partial charge is 0.0624 e. The molecule has 4 heteroatoms. The molecule has 1 aromatic carbocycles. The summed E-state index contributed by atoms with van der Waals surface area (Å²) in [5.74, 6) is 0. The van der Waals surface area contributed by atoms with E-state index >= 15 is 0 Å². The van der Waals surface area contributed by atoms with E-state index in [4.69, 9.17) is 11.6 Å². The third-order valence-corrected chi connectivity index (χ3v) is 3.78. The molecule has 0 amide bonds. The molecule has 0 aliphatic carbocycles. The van der Waals surface area contributed by atoms with E-state index in [-0.39, 0.29) is 6.04 Å². The topological polar surface area (TPSA) is 29.9 Å². The van der Waals surface area contributed by atoms with Crippen molar-refractivity contribution in [2.75, 3.05) is 6.54 Å². The van der Waals surface area contributed by atoms with Gasteiger partial charge in [-0.2, -0.15) is 5.10 Å².